The normalized spacial score (nSPS) is 13.2. The number of nitrogens with zero attached hydrogens (tertiary/aromatic N) is 2. The molecule has 0 radical (unpaired) electrons. The Labute approximate surface area is 123 Å². The summed E-state index contributed by atoms with van der Waals surface area (Å²) >= 11 is 0. The molecule has 0 amide bonds. The van der Waals surface area contributed by atoms with E-state index < -0.39 is 0 Å². The second-order valence-electron chi connectivity index (χ2n) is 5.27. The lowest BCUT2D eigenvalue weighted by atomic mass is 10.1. The van der Waals surface area contributed by atoms with Crippen LogP contribution >= 0.6 is 0 Å². The Bertz CT molecular complexity index is 705. The summed E-state index contributed by atoms with van der Waals surface area (Å²) in [5.74, 6) is 0.793. The number of benzene rings is 1. The van der Waals surface area contributed by atoms with Crippen molar-refractivity contribution in [3.8, 4) is 17.0 Å². The number of rotatable bonds is 4. The predicted octanol–water partition coefficient (Wildman–Crippen LogP) is 2.58. The first-order valence-electron chi connectivity index (χ1n) is 7.33. The van der Waals surface area contributed by atoms with Gasteiger partial charge in [-0.25, -0.2) is 0 Å². The molecule has 5 heteroatoms. The first kappa shape index (κ1) is 13.7. The number of hydrogen-bond acceptors (Lipinski definition) is 3. The van der Waals surface area contributed by atoms with Crippen molar-refractivity contribution < 1.29 is 14.4 Å². The van der Waals surface area contributed by atoms with Crippen LogP contribution in [0.2, 0.25) is 0 Å². The number of fused-ring (bicyclic) bond motifs is 1. The van der Waals surface area contributed by atoms with Gasteiger partial charge in [0.15, 0.2) is 5.69 Å². The van der Waals surface area contributed by atoms with Crippen LogP contribution in [0, 0.1) is 4.91 Å². The Hall–Kier alpha value is -2.30. The maximum absolute atomic E-state index is 12.0. The Morgan fingerprint density at radius 2 is 2.05 bits per heavy atom. The fraction of sp³-hybridized carbons (Fsp3) is 0.375. The monoisotopic (exact) mass is 287 g/mol. The fourth-order valence-corrected chi connectivity index (χ4v) is 2.71. The molecule has 1 aliphatic carbocycles. The van der Waals surface area contributed by atoms with Crippen LogP contribution in [0.25, 0.3) is 11.3 Å². The average Bonchev–Trinajstić information content (AvgIpc) is 3.00. The van der Waals surface area contributed by atoms with Gasteiger partial charge in [0.2, 0.25) is 0 Å². The SMILES string of the molecule is CCCOc1ccc(-c2c[n+](=O)c3c(n2O)CCC3)cc1. The summed E-state index contributed by atoms with van der Waals surface area (Å²) in [5.41, 5.74) is 2.69. The zero-order valence-electron chi connectivity index (χ0n) is 12.1. The largest absolute Gasteiger partial charge is 0.494 e. The van der Waals surface area contributed by atoms with Crippen LogP contribution in [-0.2, 0) is 12.8 Å². The predicted molar refractivity (Wildman–Crippen MR) is 78.2 cm³/mol. The molecule has 110 valence electrons. The summed E-state index contributed by atoms with van der Waals surface area (Å²) in [4.78, 5) is 12.0. The van der Waals surface area contributed by atoms with Gasteiger partial charge in [-0.1, -0.05) is 6.92 Å². The quantitative estimate of drug-likeness (QED) is 0.694. The third kappa shape index (κ3) is 2.51. The zero-order chi connectivity index (χ0) is 14.8. The van der Waals surface area contributed by atoms with Crippen molar-refractivity contribution >= 4 is 0 Å². The van der Waals surface area contributed by atoms with E-state index in [9.17, 15) is 10.1 Å². The van der Waals surface area contributed by atoms with Gasteiger partial charge < -0.3 is 9.94 Å². The molecule has 21 heavy (non-hydrogen) atoms. The summed E-state index contributed by atoms with van der Waals surface area (Å²) in [7, 11) is 0. The Kier molecular flexibility index (Phi) is 3.64. The van der Waals surface area contributed by atoms with Gasteiger partial charge in [0.25, 0.3) is 11.9 Å². The van der Waals surface area contributed by atoms with Gasteiger partial charge in [-0.05, 0) is 43.5 Å². The number of hydrogen-bond donors (Lipinski definition) is 1. The van der Waals surface area contributed by atoms with Crippen molar-refractivity contribution in [1.82, 2.24) is 4.73 Å². The second-order valence-corrected chi connectivity index (χ2v) is 5.27. The van der Waals surface area contributed by atoms with Gasteiger partial charge >= 0.3 is 0 Å². The molecule has 0 bridgehead atoms. The van der Waals surface area contributed by atoms with Crippen molar-refractivity contribution in [1.29, 1.82) is 0 Å². The molecule has 0 unspecified atom stereocenters. The Morgan fingerprint density at radius 3 is 2.76 bits per heavy atom. The van der Waals surface area contributed by atoms with E-state index in [0.29, 0.717) is 23.7 Å². The van der Waals surface area contributed by atoms with E-state index in [-0.39, 0.29) is 0 Å². The molecule has 5 nitrogen and oxygen atoms in total. The van der Waals surface area contributed by atoms with Gasteiger partial charge in [0.05, 0.1) is 11.0 Å². The van der Waals surface area contributed by atoms with E-state index in [2.05, 4.69) is 6.92 Å². The first-order chi connectivity index (χ1) is 10.2. The van der Waals surface area contributed by atoms with Crippen LogP contribution in [-0.4, -0.2) is 16.5 Å². The molecule has 0 aliphatic heterocycles. The standard InChI is InChI=1S/C16H19N2O3/c1-2-10-21-13-8-6-12(7-9-13)16-11-17(19)14-4-3-5-15(14)18(16)20/h6-9,11,20H,2-5,10H2,1H3/q+1. The minimum atomic E-state index is 0.507. The van der Waals surface area contributed by atoms with E-state index in [1.807, 2.05) is 24.3 Å². The highest BCUT2D eigenvalue weighted by Crippen LogP contribution is 2.25. The Morgan fingerprint density at radius 1 is 1.29 bits per heavy atom. The van der Waals surface area contributed by atoms with Crippen LogP contribution in [0.15, 0.2) is 30.5 Å². The summed E-state index contributed by atoms with van der Waals surface area (Å²) < 4.78 is 7.57. The topological polar surface area (TPSA) is 57.4 Å². The highest BCUT2D eigenvalue weighted by Gasteiger charge is 2.27. The molecule has 1 aromatic carbocycles. The highest BCUT2D eigenvalue weighted by molar-refractivity contribution is 5.59. The number of aromatic nitrogens is 2. The summed E-state index contributed by atoms with van der Waals surface area (Å²) in [6.45, 7) is 2.74. The lowest BCUT2D eigenvalue weighted by molar-refractivity contribution is -0.505. The van der Waals surface area contributed by atoms with E-state index >= 15 is 0 Å². The minimum absolute atomic E-state index is 0.507. The van der Waals surface area contributed by atoms with Gasteiger partial charge in [-0.3, -0.25) is 0 Å². The van der Waals surface area contributed by atoms with Gasteiger partial charge in [0, 0.05) is 16.9 Å². The maximum Gasteiger partial charge on any atom is 0.262 e. The molecule has 1 N–H and O–H groups in total. The van der Waals surface area contributed by atoms with Crippen LogP contribution in [0.1, 0.15) is 31.2 Å². The Balaban J connectivity index is 1.97. The van der Waals surface area contributed by atoms with Crippen molar-refractivity contribution in [3.63, 3.8) is 0 Å². The summed E-state index contributed by atoms with van der Waals surface area (Å²) in [5, 5.41) is 10.3. The molecule has 0 saturated heterocycles. The summed E-state index contributed by atoms with van der Waals surface area (Å²) in [6, 6.07) is 7.42. The van der Waals surface area contributed by atoms with Gasteiger partial charge in [0.1, 0.15) is 11.4 Å². The van der Waals surface area contributed by atoms with Gasteiger partial charge in [-0.15, -0.1) is 0 Å². The first-order valence-corrected chi connectivity index (χ1v) is 7.33. The molecule has 0 saturated carbocycles. The van der Waals surface area contributed by atoms with Crippen LogP contribution in [0.4, 0.5) is 0 Å². The van der Waals surface area contributed by atoms with Crippen molar-refractivity contribution in [2.75, 3.05) is 6.61 Å². The molecule has 1 aliphatic rings. The molecular weight excluding hydrogens is 268 g/mol. The lowest BCUT2D eigenvalue weighted by Gasteiger charge is -2.09. The van der Waals surface area contributed by atoms with Crippen molar-refractivity contribution in [3.05, 3.63) is 46.8 Å². The lowest BCUT2D eigenvalue weighted by Crippen LogP contribution is -2.25. The summed E-state index contributed by atoms with van der Waals surface area (Å²) in [6.07, 6.45) is 4.76. The average molecular weight is 287 g/mol. The molecule has 0 atom stereocenters. The van der Waals surface area contributed by atoms with Crippen molar-refractivity contribution in [2.24, 2.45) is 0 Å². The van der Waals surface area contributed by atoms with E-state index in [0.717, 1.165) is 46.2 Å². The van der Waals surface area contributed by atoms with E-state index in [1.54, 1.807) is 0 Å². The molecule has 0 fully saturated rings. The second kappa shape index (κ2) is 5.60. The zero-order valence-corrected chi connectivity index (χ0v) is 12.1. The van der Waals surface area contributed by atoms with E-state index in [1.165, 1.54) is 6.20 Å². The third-order valence-electron chi connectivity index (χ3n) is 3.77. The molecule has 1 heterocycles. The maximum atomic E-state index is 12.0. The smallest absolute Gasteiger partial charge is 0.262 e. The third-order valence-corrected chi connectivity index (χ3v) is 3.77. The van der Waals surface area contributed by atoms with Gasteiger partial charge in [-0.2, -0.15) is 4.73 Å². The molecule has 1 aromatic heterocycles. The molecule has 0 spiro atoms. The van der Waals surface area contributed by atoms with E-state index in [4.69, 9.17) is 4.74 Å². The fourth-order valence-electron chi connectivity index (χ4n) is 2.71. The highest BCUT2D eigenvalue weighted by atomic mass is 16.5. The van der Waals surface area contributed by atoms with Crippen LogP contribution in [0.3, 0.4) is 0 Å². The minimum Gasteiger partial charge on any atom is -0.494 e. The van der Waals surface area contributed by atoms with Crippen molar-refractivity contribution in [2.45, 2.75) is 32.6 Å². The number of ether oxygens (including phenoxy) is 1. The van der Waals surface area contributed by atoms with Crippen LogP contribution in [0.5, 0.6) is 5.75 Å². The molecular formula is C16H19N2O3+. The molecule has 3 rings (SSSR count). The van der Waals surface area contributed by atoms with Crippen LogP contribution < -0.4 is 9.16 Å². The molecule has 2 aromatic rings.